The third-order valence-corrected chi connectivity index (χ3v) is 4.74. The quantitative estimate of drug-likeness (QED) is 0.646. The number of aromatic nitrogens is 2. The van der Waals surface area contributed by atoms with Gasteiger partial charge in [0, 0.05) is 31.7 Å². The molecular formula is C21H24N4O3. The molecule has 7 nitrogen and oxygen atoms in total. The number of amides is 1. The highest BCUT2D eigenvalue weighted by Crippen LogP contribution is 2.12. The Hall–Kier alpha value is -3.19. The van der Waals surface area contributed by atoms with Gasteiger partial charge in [-0.2, -0.15) is 0 Å². The molecule has 0 bridgehead atoms. The Morgan fingerprint density at radius 3 is 2.54 bits per heavy atom. The van der Waals surface area contributed by atoms with Gasteiger partial charge in [0.05, 0.1) is 10.9 Å². The maximum absolute atomic E-state index is 13.0. The Kier molecular flexibility index (Phi) is 6.06. The third-order valence-electron chi connectivity index (χ3n) is 4.74. The molecule has 0 saturated heterocycles. The molecule has 0 saturated carbocycles. The van der Waals surface area contributed by atoms with E-state index < -0.39 is 5.69 Å². The fourth-order valence-corrected chi connectivity index (χ4v) is 3.24. The van der Waals surface area contributed by atoms with Crippen molar-refractivity contribution in [1.29, 1.82) is 0 Å². The first-order valence-electron chi connectivity index (χ1n) is 9.35. The highest BCUT2D eigenvalue weighted by Gasteiger charge is 2.17. The van der Waals surface area contributed by atoms with E-state index in [1.54, 1.807) is 30.0 Å². The molecule has 0 atom stereocenters. The van der Waals surface area contributed by atoms with Crippen molar-refractivity contribution in [2.24, 2.45) is 5.73 Å². The SMILES string of the molecule is CCn1c(=O)[nH]c2cc(C(=O)N(CCN)CCc3ccccc3)ccc2c1=O. The molecule has 28 heavy (non-hydrogen) atoms. The first-order valence-corrected chi connectivity index (χ1v) is 9.35. The van der Waals surface area contributed by atoms with Crippen molar-refractivity contribution >= 4 is 16.8 Å². The molecular weight excluding hydrogens is 356 g/mol. The van der Waals surface area contributed by atoms with Gasteiger partial charge in [-0.15, -0.1) is 0 Å². The van der Waals surface area contributed by atoms with E-state index in [1.807, 2.05) is 30.3 Å². The fourth-order valence-electron chi connectivity index (χ4n) is 3.24. The number of rotatable bonds is 7. The van der Waals surface area contributed by atoms with Crippen LogP contribution in [0.25, 0.3) is 10.9 Å². The number of nitrogens with zero attached hydrogens (tertiary/aromatic N) is 2. The average molecular weight is 380 g/mol. The maximum Gasteiger partial charge on any atom is 0.328 e. The first-order chi connectivity index (χ1) is 13.5. The van der Waals surface area contributed by atoms with Gasteiger partial charge in [-0.05, 0) is 37.1 Å². The van der Waals surface area contributed by atoms with Crippen molar-refractivity contribution < 1.29 is 4.79 Å². The summed E-state index contributed by atoms with van der Waals surface area (Å²) in [6.45, 7) is 3.34. The number of carbonyl (C=O) groups excluding carboxylic acids is 1. The van der Waals surface area contributed by atoms with E-state index in [9.17, 15) is 14.4 Å². The third kappa shape index (κ3) is 4.04. The summed E-state index contributed by atoms with van der Waals surface area (Å²) in [4.78, 5) is 41.8. The summed E-state index contributed by atoms with van der Waals surface area (Å²) in [6, 6.07) is 14.7. The van der Waals surface area contributed by atoms with Crippen LogP contribution in [0.2, 0.25) is 0 Å². The van der Waals surface area contributed by atoms with Crippen molar-refractivity contribution in [3.8, 4) is 0 Å². The molecule has 0 aliphatic rings. The van der Waals surface area contributed by atoms with Gasteiger partial charge in [0.2, 0.25) is 0 Å². The normalized spacial score (nSPS) is 10.9. The predicted octanol–water partition coefficient (Wildman–Crippen LogP) is 1.35. The summed E-state index contributed by atoms with van der Waals surface area (Å²) in [5.74, 6) is -0.177. The van der Waals surface area contributed by atoms with Crippen LogP contribution in [0.5, 0.6) is 0 Å². The molecule has 146 valence electrons. The second kappa shape index (κ2) is 8.67. The summed E-state index contributed by atoms with van der Waals surface area (Å²) in [5.41, 5.74) is 6.77. The monoisotopic (exact) mass is 380 g/mol. The van der Waals surface area contributed by atoms with Crippen LogP contribution in [-0.2, 0) is 13.0 Å². The van der Waals surface area contributed by atoms with E-state index in [0.29, 0.717) is 36.1 Å². The molecule has 0 aliphatic heterocycles. The first kappa shape index (κ1) is 19.6. The fraction of sp³-hybridized carbons (Fsp3) is 0.286. The summed E-state index contributed by atoms with van der Waals surface area (Å²) < 4.78 is 1.13. The standard InChI is InChI=1S/C21H24N4O3/c1-2-25-20(27)17-9-8-16(14-18(17)23-21(25)28)19(26)24(13-11-22)12-10-15-6-4-3-5-7-15/h3-9,14H,2,10-13,22H2,1H3,(H,23,28). The lowest BCUT2D eigenvalue weighted by atomic mass is 10.1. The van der Waals surface area contributed by atoms with E-state index in [4.69, 9.17) is 5.73 Å². The molecule has 7 heteroatoms. The highest BCUT2D eigenvalue weighted by molar-refractivity contribution is 5.97. The van der Waals surface area contributed by atoms with Crippen LogP contribution in [0.1, 0.15) is 22.8 Å². The summed E-state index contributed by atoms with van der Waals surface area (Å²) in [5, 5.41) is 0.382. The van der Waals surface area contributed by atoms with Crippen molar-refractivity contribution in [1.82, 2.24) is 14.5 Å². The van der Waals surface area contributed by atoms with Gasteiger partial charge in [-0.25, -0.2) is 4.79 Å². The van der Waals surface area contributed by atoms with Crippen molar-refractivity contribution in [3.05, 3.63) is 80.5 Å². The lowest BCUT2D eigenvalue weighted by Crippen LogP contribution is -2.37. The molecule has 0 fully saturated rings. The van der Waals surface area contributed by atoms with Crippen molar-refractivity contribution in [2.45, 2.75) is 19.9 Å². The second-order valence-corrected chi connectivity index (χ2v) is 6.56. The minimum atomic E-state index is -0.479. The van der Waals surface area contributed by atoms with Gasteiger partial charge in [-0.3, -0.25) is 14.2 Å². The lowest BCUT2D eigenvalue weighted by molar-refractivity contribution is 0.0762. The predicted molar refractivity (Wildman–Crippen MR) is 110 cm³/mol. The van der Waals surface area contributed by atoms with E-state index in [1.165, 1.54) is 0 Å². The lowest BCUT2D eigenvalue weighted by Gasteiger charge is -2.22. The van der Waals surface area contributed by atoms with Gasteiger partial charge < -0.3 is 15.6 Å². The number of benzene rings is 2. The topological polar surface area (TPSA) is 101 Å². The van der Waals surface area contributed by atoms with Gasteiger partial charge in [0.25, 0.3) is 11.5 Å². The number of nitrogens with two attached hydrogens (primary N) is 1. The number of hydrogen-bond acceptors (Lipinski definition) is 4. The van der Waals surface area contributed by atoms with E-state index in [0.717, 1.165) is 16.6 Å². The number of fused-ring (bicyclic) bond motifs is 1. The number of carbonyl (C=O) groups is 1. The molecule has 1 aromatic heterocycles. The van der Waals surface area contributed by atoms with Gasteiger partial charge >= 0.3 is 5.69 Å². The van der Waals surface area contributed by atoms with Gasteiger partial charge in [0.1, 0.15) is 0 Å². The Bertz CT molecular complexity index is 1090. The van der Waals surface area contributed by atoms with Gasteiger partial charge in [-0.1, -0.05) is 30.3 Å². The molecule has 3 N–H and O–H groups in total. The summed E-state index contributed by atoms with van der Waals surface area (Å²) in [7, 11) is 0. The number of nitrogens with one attached hydrogen (secondary N) is 1. The van der Waals surface area contributed by atoms with Crippen LogP contribution in [0.15, 0.2) is 58.1 Å². The zero-order valence-electron chi connectivity index (χ0n) is 15.9. The van der Waals surface area contributed by atoms with Crippen LogP contribution in [0.4, 0.5) is 0 Å². The molecule has 1 heterocycles. The molecule has 2 aromatic carbocycles. The Balaban J connectivity index is 1.89. The van der Waals surface area contributed by atoms with E-state index >= 15 is 0 Å². The molecule has 0 radical (unpaired) electrons. The molecule has 0 aliphatic carbocycles. The zero-order valence-corrected chi connectivity index (χ0v) is 15.9. The smallest absolute Gasteiger partial charge is 0.328 e. The Morgan fingerprint density at radius 2 is 1.86 bits per heavy atom. The van der Waals surface area contributed by atoms with Crippen LogP contribution < -0.4 is 17.0 Å². The summed E-state index contributed by atoms with van der Waals surface area (Å²) >= 11 is 0. The van der Waals surface area contributed by atoms with Gasteiger partial charge in [0.15, 0.2) is 0 Å². The van der Waals surface area contributed by atoms with Crippen LogP contribution in [0, 0.1) is 0 Å². The number of aromatic amines is 1. The zero-order chi connectivity index (χ0) is 20.1. The van der Waals surface area contributed by atoms with Crippen LogP contribution in [-0.4, -0.2) is 40.0 Å². The average Bonchev–Trinajstić information content (AvgIpc) is 2.71. The largest absolute Gasteiger partial charge is 0.337 e. The minimum absolute atomic E-state index is 0.177. The van der Waals surface area contributed by atoms with E-state index in [-0.39, 0.29) is 18.0 Å². The summed E-state index contributed by atoms with van der Waals surface area (Å²) in [6.07, 6.45) is 0.720. The molecule has 0 spiro atoms. The Labute approximate surface area is 162 Å². The van der Waals surface area contributed by atoms with Crippen LogP contribution in [0.3, 0.4) is 0 Å². The molecule has 1 amide bonds. The number of hydrogen-bond donors (Lipinski definition) is 2. The van der Waals surface area contributed by atoms with Crippen molar-refractivity contribution in [3.63, 3.8) is 0 Å². The molecule has 0 unspecified atom stereocenters. The maximum atomic E-state index is 13.0. The van der Waals surface area contributed by atoms with Crippen LogP contribution >= 0.6 is 0 Å². The Morgan fingerprint density at radius 1 is 1.11 bits per heavy atom. The highest BCUT2D eigenvalue weighted by atomic mass is 16.2. The second-order valence-electron chi connectivity index (χ2n) is 6.56. The molecule has 3 aromatic rings. The van der Waals surface area contributed by atoms with Crippen molar-refractivity contribution in [2.75, 3.05) is 19.6 Å². The molecule has 3 rings (SSSR count). The number of H-pyrrole nitrogens is 1. The minimum Gasteiger partial charge on any atom is -0.337 e. The van der Waals surface area contributed by atoms with E-state index in [2.05, 4.69) is 4.98 Å².